The van der Waals surface area contributed by atoms with E-state index in [1.807, 2.05) is 32.0 Å². The van der Waals surface area contributed by atoms with E-state index in [4.69, 9.17) is 0 Å². The highest BCUT2D eigenvalue weighted by Gasteiger charge is 2.23. The third-order valence-electron chi connectivity index (χ3n) is 5.56. The molecule has 1 amide bonds. The summed E-state index contributed by atoms with van der Waals surface area (Å²) in [6, 6.07) is 5.18. The van der Waals surface area contributed by atoms with Gasteiger partial charge in [0.1, 0.15) is 10.9 Å². The Labute approximate surface area is 162 Å². The Kier molecular flexibility index (Phi) is 4.60. The number of hydrogen-bond acceptors (Lipinski definition) is 4. The van der Waals surface area contributed by atoms with E-state index < -0.39 is 6.04 Å². The predicted molar refractivity (Wildman–Crippen MR) is 110 cm³/mol. The van der Waals surface area contributed by atoms with Crippen molar-refractivity contribution in [2.24, 2.45) is 0 Å². The molecule has 5 nitrogen and oxygen atoms in total. The van der Waals surface area contributed by atoms with Crippen LogP contribution in [-0.2, 0) is 17.6 Å². The van der Waals surface area contributed by atoms with Crippen LogP contribution in [0.3, 0.4) is 0 Å². The minimum Gasteiger partial charge on any atom is -0.324 e. The summed E-state index contributed by atoms with van der Waals surface area (Å²) in [5.74, 6) is -0.212. The Bertz CT molecular complexity index is 1100. The molecule has 3 aromatic rings. The number of aromatic nitrogens is 2. The summed E-state index contributed by atoms with van der Waals surface area (Å²) < 4.78 is 1.46. The molecule has 2 heterocycles. The van der Waals surface area contributed by atoms with Gasteiger partial charge >= 0.3 is 0 Å². The SMILES string of the molecule is Cc1cccc(NC(=O)[C@H](C)n2cnc3sc4c(c3c2=O)CCCC4)c1C. The molecule has 0 saturated heterocycles. The fraction of sp³-hybridized carbons (Fsp3) is 0.381. The molecule has 1 N–H and O–H groups in total. The number of carbonyl (C=O) groups excluding carboxylic acids is 1. The van der Waals surface area contributed by atoms with Gasteiger partial charge in [0.15, 0.2) is 0 Å². The van der Waals surface area contributed by atoms with E-state index in [0.717, 1.165) is 46.5 Å². The number of aryl methyl sites for hydroxylation is 3. The average molecular weight is 382 g/mol. The number of thiophene rings is 1. The topological polar surface area (TPSA) is 64.0 Å². The first-order chi connectivity index (χ1) is 13.0. The van der Waals surface area contributed by atoms with Gasteiger partial charge in [-0.05, 0) is 69.2 Å². The molecule has 0 aliphatic heterocycles. The fourth-order valence-corrected chi connectivity index (χ4v) is 4.90. The third-order valence-corrected chi connectivity index (χ3v) is 6.76. The van der Waals surface area contributed by atoms with Gasteiger partial charge in [-0.2, -0.15) is 0 Å². The second-order valence-corrected chi connectivity index (χ2v) is 8.34. The quantitative estimate of drug-likeness (QED) is 0.741. The van der Waals surface area contributed by atoms with Crippen molar-refractivity contribution >= 4 is 33.1 Å². The Hall–Kier alpha value is -2.47. The van der Waals surface area contributed by atoms with E-state index in [2.05, 4.69) is 10.3 Å². The van der Waals surface area contributed by atoms with Crippen LogP contribution in [0.2, 0.25) is 0 Å². The largest absolute Gasteiger partial charge is 0.324 e. The van der Waals surface area contributed by atoms with Crippen LogP contribution < -0.4 is 10.9 Å². The van der Waals surface area contributed by atoms with Gasteiger partial charge in [0, 0.05) is 10.6 Å². The Morgan fingerprint density at radius 3 is 2.85 bits per heavy atom. The first-order valence-electron chi connectivity index (χ1n) is 9.36. The molecule has 4 rings (SSSR count). The van der Waals surface area contributed by atoms with Gasteiger partial charge in [0.05, 0.1) is 11.7 Å². The van der Waals surface area contributed by atoms with Gasteiger partial charge in [-0.3, -0.25) is 14.2 Å². The monoisotopic (exact) mass is 381 g/mol. The minimum absolute atomic E-state index is 0.108. The van der Waals surface area contributed by atoms with Crippen LogP contribution in [0.4, 0.5) is 5.69 Å². The lowest BCUT2D eigenvalue weighted by molar-refractivity contribution is -0.118. The Balaban J connectivity index is 1.69. The van der Waals surface area contributed by atoms with Gasteiger partial charge in [-0.15, -0.1) is 11.3 Å². The predicted octanol–water partition coefficient (Wildman–Crippen LogP) is 4.15. The van der Waals surface area contributed by atoms with E-state index in [0.29, 0.717) is 5.39 Å². The van der Waals surface area contributed by atoms with E-state index in [9.17, 15) is 9.59 Å². The second kappa shape index (κ2) is 6.93. The maximum atomic E-state index is 13.1. The first-order valence-corrected chi connectivity index (χ1v) is 10.2. The fourth-order valence-electron chi connectivity index (χ4n) is 3.69. The van der Waals surface area contributed by atoms with Gasteiger partial charge in [0.2, 0.25) is 5.91 Å². The van der Waals surface area contributed by atoms with Crippen LogP contribution in [0.1, 0.15) is 47.4 Å². The highest BCUT2D eigenvalue weighted by atomic mass is 32.1. The minimum atomic E-state index is -0.631. The second-order valence-electron chi connectivity index (χ2n) is 7.26. The van der Waals surface area contributed by atoms with E-state index in [-0.39, 0.29) is 11.5 Å². The number of fused-ring (bicyclic) bond motifs is 3. The van der Waals surface area contributed by atoms with Crippen molar-refractivity contribution in [1.82, 2.24) is 9.55 Å². The number of benzene rings is 1. The van der Waals surface area contributed by atoms with Crippen LogP contribution >= 0.6 is 11.3 Å². The molecule has 0 spiro atoms. The summed E-state index contributed by atoms with van der Waals surface area (Å²) >= 11 is 1.62. The number of anilines is 1. The normalized spacial score (nSPS) is 14.8. The van der Waals surface area contributed by atoms with Gasteiger partial charge < -0.3 is 5.32 Å². The zero-order valence-corrected chi connectivity index (χ0v) is 16.7. The molecule has 140 valence electrons. The molecule has 2 aromatic heterocycles. The van der Waals surface area contributed by atoms with Crippen LogP contribution in [0.5, 0.6) is 0 Å². The first kappa shape index (κ1) is 17.9. The van der Waals surface area contributed by atoms with Crippen LogP contribution in [0.15, 0.2) is 29.3 Å². The zero-order valence-electron chi connectivity index (χ0n) is 15.8. The molecule has 27 heavy (non-hydrogen) atoms. The summed E-state index contributed by atoms with van der Waals surface area (Å²) in [4.78, 5) is 32.5. The van der Waals surface area contributed by atoms with E-state index >= 15 is 0 Å². The van der Waals surface area contributed by atoms with Gasteiger partial charge in [-0.25, -0.2) is 4.98 Å². The molecule has 1 aromatic carbocycles. The van der Waals surface area contributed by atoms with Crippen molar-refractivity contribution < 1.29 is 4.79 Å². The molecular weight excluding hydrogens is 358 g/mol. The highest BCUT2D eigenvalue weighted by Crippen LogP contribution is 2.33. The third kappa shape index (κ3) is 3.08. The number of rotatable bonds is 3. The van der Waals surface area contributed by atoms with Gasteiger partial charge in [0.25, 0.3) is 5.56 Å². The zero-order chi connectivity index (χ0) is 19.1. The Morgan fingerprint density at radius 1 is 1.26 bits per heavy atom. The molecule has 0 unspecified atom stereocenters. The van der Waals surface area contributed by atoms with E-state index in [1.165, 1.54) is 22.2 Å². The Morgan fingerprint density at radius 2 is 2.04 bits per heavy atom. The summed E-state index contributed by atoms with van der Waals surface area (Å²) in [6.45, 7) is 5.73. The average Bonchev–Trinajstić information content (AvgIpc) is 3.04. The smallest absolute Gasteiger partial charge is 0.263 e. The standard InChI is InChI=1S/C21H23N3O2S/c1-12-7-6-9-16(13(12)2)23-19(25)14(3)24-11-22-20-18(21(24)26)15-8-4-5-10-17(15)27-20/h6-7,9,11,14H,4-5,8,10H2,1-3H3,(H,23,25)/t14-/m0/s1. The molecular formula is C21H23N3O2S. The maximum absolute atomic E-state index is 13.1. The van der Waals surface area contributed by atoms with Crippen LogP contribution in [0, 0.1) is 13.8 Å². The van der Waals surface area contributed by atoms with Crippen molar-refractivity contribution in [3.8, 4) is 0 Å². The number of carbonyl (C=O) groups is 1. The van der Waals surface area contributed by atoms with E-state index in [1.54, 1.807) is 18.3 Å². The molecule has 1 atom stereocenters. The van der Waals surface area contributed by atoms with Crippen molar-refractivity contribution in [1.29, 1.82) is 0 Å². The van der Waals surface area contributed by atoms with Crippen molar-refractivity contribution in [3.63, 3.8) is 0 Å². The lowest BCUT2D eigenvalue weighted by Crippen LogP contribution is -2.32. The summed E-state index contributed by atoms with van der Waals surface area (Å²) in [6.07, 6.45) is 5.75. The summed E-state index contributed by atoms with van der Waals surface area (Å²) in [5.41, 5.74) is 3.97. The summed E-state index contributed by atoms with van der Waals surface area (Å²) in [5, 5.41) is 3.67. The number of nitrogens with one attached hydrogen (secondary N) is 1. The molecule has 0 saturated carbocycles. The van der Waals surface area contributed by atoms with Crippen LogP contribution in [-0.4, -0.2) is 15.5 Å². The van der Waals surface area contributed by atoms with Crippen molar-refractivity contribution in [2.75, 3.05) is 5.32 Å². The number of hydrogen-bond donors (Lipinski definition) is 1. The number of amides is 1. The van der Waals surface area contributed by atoms with Gasteiger partial charge in [-0.1, -0.05) is 12.1 Å². The maximum Gasteiger partial charge on any atom is 0.263 e. The molecule has 0 radical (unpaired) electrons. The van der Waals surface area contributed by atoms with Crippen LogP contribution in [0.25, 0.3) is 10.2 Å². The lowest BCUT2D eigenvalue weighted by Gasteiger charge is -2.17. The molecule has 1 aliphatic carbocycles. The lowest BCUT2D eigenvalue weighted by atomic mass is 9.97. The number of nitrogens with zero attached hydrogens (tertiary/aromatic N) is 2. The molecule has 1 aliphatic rings. The molecule has 6 heteroatoms. The van der Waals surface area contributed by atoms with Crippen molar-refractivity contribution in [3.05, 3.63) is 56.4 Å². The summed E-state index contributed by atoms with van der Waals surface area (Å²) in [7, 11) is 0. The highest BCUT2D eigenvalue weighted by molar-refractivity contribution is 7.18. The molecule has 0 bridgehead atoms. The van der Waals surface area contributed by atoms with Crippen molar-refractivity contribution in [2.45, 2.75) is 52.5 Å². The molecule has 0 fully saturated rings.